The Kier molecular flexibility index (Phi) is 4.02. The minimum absolute atomic E-state index is 0.0151. The fourth-order valence-corrected chi connectivity index (χ4v) is 3.47. The van der Waals surface area contributed by atoms with E-state index in [1.54, 1.807) is 24.9 Å². The van der Waals surface area contributed by atoms with Crippen LogP contribution in [0.15, 0.2) is 33.7 Å². The Morgan fingerprint density at radius 2 is 2.19 bits per heavy atom. The van der Waals surface area contributed by atoms with E-state index in [1.165, 1.54) is 6.33 Å². The highest BCUT2D eigenvalue weighted by atomic mass is 16.3. The zero-order valence-electron chi connectivity index (χ0n) is 15.0. The molecule has 8 heteroatoms. The first-order valence-electron chi connectivity index (χ1n) is 8.58. The number of aromatic amines is 1. The topological polar surface area (TPSA) is 108 Å². The zero-order chi connectivity index (χ0) is 19.1. The van der Waals surface area contributed by atoms with Crippen molar-refractivity contribution in [3.8, 4) is 0 Å². The molecule has 0 fully saturated rings. The minimum atomic E-state index is -0.423. The number of likely N-dealkylation sites (N-methyl/N-ethyl adjacent to an activating group) is 1. The number of amides is 2. The van der Waals surface area contributed by atoms with E-state index >= 15 is 0 Å². The van der Waals surface area contributed by atoms with Crippen LogP contribution in [0.3, 0.4) is 0 Å². The smallest absolute Gasteiger partial charge is 0.262 e. The molecule has 0 unspecified atom stereocenters. The van der Waals surface area contributed by atoms with Gasteiger partial charge < -0.3 is 19.6 Å². The fourth-order valence-electron chi connectivity index (χ4n) is 3.47. The SMILES string of the molecule is Cc1oc2nc[nH]c(=O)c2c1C(=O)NCc1cccc2c1CCN(C)C2=O. The first kappa shape index (κ1) is 17.0. The van der Waals surface area contributed by atoms with Crippen molar-refractivity contribution in [1.29, 1.82) is 0 Å². The summed E-state index contributed by atoms with van der Waals surface area (Å²) in [6, 6.07) is 5.51. The van der Waals surface area contributed by atoms with Crippen molar-refractivity contribution in [2.45, 2.75) is 19.9 Å². The number of aromatic nitrogens is 2. The first-order valence-corrected chi connectivity index (χ1v) is 8.58. The Bertz CT molecular complexity index is 1130. The summed E-state index contributed by atoms with van der Waals surface area (Å²) in [4.78, 5) is 45.2. The lowest BCUT2D eigenvalue weighted by atomic mass is 9.94. The van der Waals surface area contributed by atoms with Gasteiger partial charge in [0.15, 0.2) is 0 Å². The molecule has 3 aromatic rings. The number of carbonyl (C=O) groups excluding carboxylic acids is 2. The molecule has 0 radical (unpaired) electrons. The van der Waals surface area contributed by atoms with Crippen LogP contribution < -0.4 is 10.9 Å². The zero-order valence-corrected chi connectivity index (χ0v) is 15.0. The first-order chi connectivity index (χ1) is 13.0. The quantitative estimate of drug-likeness (QED) is 0.728. The van der Waals surface area contributed by atoms with Crippen molar-refractivity contribution in [2.24, 2.45) is 0 Å². The van der Waals surface area contributed by atoms with E-state index in [2.05, 4.69) is 15.3 Å². The second-order valence-corrected chi connectivity index (χ2v) is 6.55. The van der Waals surface area contributed by atoms with Gasteiger partial charge in [-0.1, -0.05) is 12.1 Å². The van der Waals surface area contributed by atoms with Crippen LogP contribution in [-0.4, -0.2) is 40.3 Å². The molecule has 2 aromatic heterocycles. The Balaban J connectivity index is 1.63. The number of furan rings is 1. The summed E-state index contributed by atoms with van der Waals surface area (Å²) in [7, 11) is 1.78. The van der Waals surface area contributed by atoms with Crippen molar-refractivity contribution in [3.63, 3.8) is 0 Å². The van der Waals surface area contributed by atoms with Crippen molar-refractivity contribution in [2.75, 3.05) is 13.6 Å². The molecule has 1 aliphatic rings. The van der Waals surface area contributed by atoms with Gasteiger partial charge in [0, 0.05) is 25.7 Å². The van der Waals surface area contributed by atoms with E-state index in [0.717, 1.165) is 17.5 Å². The monoisotopic (exact) mass is 366 g/mol. The van der Waals surface area contributed by atoms with Gasteiger partial charge in [-0.25, -0.2) is 4.98 Å². The van der Waals surface area contributed by atoms with Crippen LogP contribution in [0.5, 0.6) is 0 Å². The Labute approximate surface area is 154 Å². The van der Waals surface area contributed by atoms with E-state index in [0.29, 0.717) is 17.9 Å². The molecule has 2 N–H and O–H groups in total. The number of aryl methyl sites for hydroxylation is 1. The van der Waals surface area contributed by atoms with Crippen LogP contribution in [0.2, 0.25) is 0 Å². The molecular weight excluding hydrogens is 348 g/mol. The second kappa shape index (κ2) is 6.39. The number of nitrogens with zero attached hydrogens (tertiary/aromatic N) is 2. The maximum absolute atomic E-state index is 12.7. The molecule has 0 saturated heterocycles. The number of benzene rings is 1. The Morgan fingerprint density at radius 1 is 1.37 bits per heavy atom. The normalized spacial score (nSPS) is 13.7. The van der Waals surface area contributed by atoms with Crippen LogP contribution >= 0.6 is 0 Å². The summed E-state index contributed by atoms with van der Waals surface area (Å²) >= 11 is 0. The molecule has 0 bridgehead atoms. The van der Waals surface area contributed by atoms with Crippen LogP contribution in [0.25, 0.3) is 11.1 Å². The van der Waals surface area contributed by atoms with Gasteiger partial charge in [0.25, 0.3) is 17.4 Å². The molecule has 27 heavy (non-hydrogen) atoms. The van der Waals surface area contributed by atoms with E-state index < -0.39 is 11.5 Å². The molecule has 8 nitrogen and oxygen atoms in total. The second-order valence-electron chi connectivity index (χ2n) is 6.55. The summed E-state index contributed by atoms with van der Waals surface area (Å²) in [5.41, 5.74) is 2.40. The lowest BCUT2D eigenvalue weighted by Crippen LogP contribution is -2.35. The largest absolute Gasteiger partial charge is 0.442 e. The summed E-state index contributed by atoms with van der Waals surface area (Å²) in [5, 5.41) is 2.97. The lowest BCUT2D eigenvalue weighted by molar-refractivity contribution is 0.0780. The van der Waals surface area contributed by atoms with Gasteiger partial charge in [0.2, 0.25) is 5.71 Å². The third kappa shape index (κ3) is 2.79. The Hall–Kier alpha value is -3.42. The third-order valence-corrected chi connectivity index (χ3v) is 4.88. The van der Waals surface area contributed by atoms with E-state index in [-0.39, 0.29) is 29.1 Å². The van der Waals surface area contributed by atoms with E-state index in [4.69, 9.17) is 4.42 Å². The molecule has 138 valence electrons. The lowest BCUT2D eigenvalue weighted by Gasteiger charge is -2.26. The van der Waals surface area contributed by atoms with Crippen molar-refractivity contribution in [3.05, 3.63) is 62.9 Å². The van der Waals surface area contributed by atoms with Crippen LogP contribution in [0.1, 0.15) is 37.6 Å². The number of hydrogen-bond acceptors (Lipinski definition) is 5. The van der Waals surface area contributed by atoms with Crippen LogP contribution in [0.4, 0.5) is 0 Å². The van der Waals surface area contributed by atoms with Crippen LogP contribution in [-0.2, 0) is 13.0 Å². The van der Waals surface area contributed by atoms with Gasteiger partial charge in [-0.2, -0.15) is 0 Å². The van der Waals surface area contributed by atoms with Gasteiger partial charge in [-0.3, -0.25) is 14.4 Å². The molecule has 0 spiro atoms. The fraction of sp³-hybridized carbons (Fsp3) is 0.263. The number of rotatable bonds is 3. The standard InChI is InChI=1S/C19H18N4O4/c1-10-14(15-17(25)21-9-22-18(15)27-10)16(24)20-8-11-4-3-5-13-12(11)6-7-23(2)19(13)26/h3-5,9H,6-8H2,1-2H3,(H,20,24)(H,21,22,25). The maximum atomic E-state index is 12.7. The molecule has 1 aliphatic heterocycles. The average molecular weight is 366 g/mol. The number of hydrogen-bond donors (Lipinski definition) is 2. The number of fused-ring (bicyclic) bond motifs is 2. The molecule has 0 atom stereocenters. The van der Waals surface area contributed by atoms with E-state index in [9.17, 15) is 14.4 Å². The van der Waals surface area contributed by atoms with Crippen molar-refractivity contribution in [1.82, 2.24) is 20.2 Å². The molecule has 3 heterocycles. The third-order valence-electron chi connectivity index (χ3n) is 4.88. The van der Waals surface area contributed by atoms with Crippen molar-refractivity contribution >= 4 is 22.9 Å². The van der Waals surface area contributed by atoms with Gasteiger partial charge >= 0.3 is 0 Å². The summed E-state index contributed by atoms with van der Waals surface area (Å²) < 4.78 is 5.43. The highest BCUT2D eigenvalue weighted by molar-refractivity contribution is 6.06. The van der Waals surface area contributed by atoms with E-state index in [1.807, 2.05) is 12.1 Å². The predicted octanol–water partition coefficient (Wildman–Crippen LogP) is 1.38. The Morgan fingerprint density at radius 3 is 3.00 bits per heavy atom. The average Bonchev–Trinajstić information content (AvgIpc) is 3.00. The minimum Gasteiger partial charge on any atom is -0.442 e. The molecule has 1 aromatic carbocycles. The molecule has 2 amide bonds. The maximum Gasteiger partial charge on any atom is 0.262 e. The molecule has 0 saturated carbocycles. The van der Waals surface area contributed by atoms with Crippen LogP contribution in [0, 0.1) is 6.92 Å². The highest BCUT2D eigenvalue weighted by Crippen LogP contribution is 2.23. The highest BCUT2D eigenvalue weighted by Gasteiger charge is 2.25. The molecule has 0 aliphatic carbocycles. The summed E-state index contributed by atoms with van der Waals surface area (Å²) in [6.07, 6.45) is 1.97. The number of carbonyl (C=O) groups is 2. The van der Waals surface area contributed by atoms with Crippen molar-refractivity contribution < 1.29 is 14.0 Å². The summed E-state index contributed by atoms with van der Waals surface area (Å²) in [5.74, 6) is -0.0982. The predicted molar refractivity (Wildman–Crippen MR) is 97.6 cm³/mol. The van der Waals surface area contributed by atoms with Gasteiger partial charge in [0.1, 0.15) is 11.1 Å². The summed E-state index contributed by atoms with van der Waals surface area (Å²) in [6.45, 7) is 2.52. The van der Waals surface area contributed by atoms with Gasteiger partial charge in [-0.15, -0.1) is 0 Å². The molecule has 4 rings (SSSR count). The van der Waals surface area contributed by atoms with Gasteiger partial charge in [0.05, 0.1) is 11.9 Å². The number of nitrogens with one attached hydrogen (secondary N) is 2. The number of H-pyrrole nitrogens is 1. The van der Waals surface area contributed by atoms with Gasteiger partial charge in [-0.05, 0) is 30.5 Å². The molecular formula is C19H18N4O4.